The van der Waals surface area contributed by atoms with Gasteiger partial charge in [0.2, 0.25) is 0 Å². The maximum absolute atomic E-state index is 12.1. The molecule has 1 N–H and O–H groups in total. The van der Waals surface area contributed by atoms with Crippen LogP contribution in [0.1, 0.15) is 20.8 Å². The van der Waals surface area contributed by atoms with Crippen LogP contribution in [0.3, 0.4) is 0 Å². The minimum absolute atomic E-state index is 0.153. The number of nitrogens with one attached hydrogen (secondary N) is 1. The summed E-state index contributed by atoms with van der Waals surface area (Å²) in [5.74, 6) is 0. The minimum atomic E-state index is -4.22. The quantitative estimate of drug-likeness (QED) is 0.745. The zero-order valence-corrected chi connectivity index (χ0v) is 9.30. The summed E-state index contributed by atoms with van der Waals surface area (Å²) >= 11 is 4.83. The lowest BCUT2D eigenvalue weighted by atomic mass is 10.3. The van der Waals surface area contributed by atoms with Gasteiger partial charge in [0, 0.05) is 12.6 Å². The molecule has 14 heavy (non-hydrogen) atoms. The molecule has 0 unspecified atom stereocenters. The number of alkyl halides is 3. The molecule has 0 heterocycles. The van der Waals surface area contributed by atoms with Gasteiger partial charge in [-0.05, 0) is 33.0 Å². The molecule has 0 saturated carbocycles. The van der Waals surface area contributed by atoms with Crippen LogP contribution in [0.15, 0.2) is 0 Å². The second-order valence-corrected chi connectivity index (χ2v) is 3.56. The van der Waals surface area contributed by atoms with Gasteiger partial charge in [0.25, 0.3) is 0 Å². The molecule has 0 radical (unpaired) electrons. The van der Waals surface area contributed by atoms with Crippen molar-refractivity contribution in [2.45, 2.75) is 33.0 Å². The first-order chi connectivity index (χ1) is 6.28. The maximum Gasteiger partial charge on any atom is 0.406 e. The molecule has 0 aliphatic carbocycles. The topological polar surface area (TPSA) is 15.3 Å². The monoisotopic (exact) mass is 228 g/mol. The average Bonchev–Trinajstić information content (AvgIpc) is 1.98. The van der Waals surface area contributed by atoms with Gasteiger partial charge in [-0.3, -0.25) is 0 Å². The SMILES string of the molecule is CCNC(=S)N(CC(F)(F)F)C(C)C. The predicted octanol–water partition coefficient (Wildman–Crippen LogP) is 2.15. The van der Waals surface area contributed by atoms with E-state index in [4.69, 9.17) is 12.2 Å². The van der Waals surface area contributed by atoms with Gasteiger partial charge in [0.15, 0.2) is 5.11 Å². The van der Waals surface area contributed by atoms with Gasteiger partial charge in [0.05, 0.1) is 0 Å². The molecule has 6 heteroatoms. The van der Waals surface area contributed by atoms with Crippen molar-refractivity contribution in [2.24, 2.45) is 0 Å². The molecule has 0 saturated heterocycles. The van der Waals surface area contributed by atoms with E-state index < -0.39 is 12.7 Å². The molecule has 0 bridgehead atoms. The predicted molar refractivity (Wildman–Crippen MR) is 54.2 cm³/mol. The van der Waals surface area contributed by atoms with Crippen molar-refractivity contribution in [3.63, 3.8) is 0 Å². The first kappa shape index (κ1) is 13.5. The molecule has 0 aromatic carbocycles. The molecule has 2 nitrogen and oxygen atoms in total. The van der Waals surface area contributed by atoms with E-state index in [9.17, 15) is 13.2 Å². The fourth-order valence-corrected chi connectivity index (χ4v) is 1.35. The molecule has 84 valence electrons. The summed E-state index contributed by atoms with van der Waals surface area (Å²) < 4.78 is 36.4. The van der Waals surface area contributed by atoms with Crippen LogP contribution in [0, 0.1) is 0 Å². The minimum Gasteiger partial charge on any atom is -0.363 e. The van der Waals surface area contributed by atoms with Crippen LogP contribution >= 0.6 is 12.2 Å². The van der Waals surface area contributed by atoms with Crippen molar-refractivity contribution in [1.82, 2.24) is 10.2 Å². The Morgan fingerprint density at radius 2 is 1.93 bits per heavy atom. The number of halogens is 3. The van der Waals surface area contributed by atoms with E-state index in [0.29, 0.717) is 6.54 Å². The second-order valence-electron chi connectivity index (χ2n) is 3.17. The van der Waals surface area contributed by atoms with E-state index in [1.54, 1.807) is 20.8 Å². The van der Waals surface area contributed by atoms with Crippen LogP contribution in [0.5, 0.6) is 0 Å². The Bertz CT molecular complexity index is 192. The number of nitrogens with zero attached hydrogens (tertiary/aromatic N) is 1. The van der Waals surface area contributed by atoms with Gasteiger partial charge in [-0.15, -0.1) is 0 Å². The molecular formula is C8H15F3N2S. The van der Waals surface area contributed by atoms with Crippen LogP contribution < -0.4 is 5.32 Å². The summed E-state index contributed by atoms with van der Waals surface area (Å²) in [6, 6.07) is -0.261. The van der Waals surface area contributed by atoms with Crippen LogP contribution in [0.4, 0.5) is 13.2 Å². The first-order valence-corrected chi connectivity index (χ1v) is 4.80. The van der Waals surface area contributed by atoms with Gasteiger partial charge >= 0.3 is 6.18 Å². The summed E-state index contributed by atoms with van der Waals surface area (Å²) in [6.07, 6.45) is -4.22. The third-order valence-corrected chi connectivity index (χ3v) is 1.94. The fraction of sp³-hybridized carbons (Fsp3) is 0.875. The average molecular weight is 228 g/mol. The Morgan fingerprint density at radius 3 is 2.21 bits per heavy atom. The molecule has 0 aliphatic heterocycles. The largest absolute Gasteiger partial charge is 0.406 e. The molecular weight excluding hydrogens is 213 g/mol. The lowest BCUT2D eigenvalue weighted by molar-refractivity contribution is -0.140. The Balaban J connectivity index is 4.37. The zero-order valence-electron chi connectivity index (χ0n) is 8.48. The molecule has 0 fully saturated rings. The zero-order chi connectivity index (χ0) is 11.4. The second kappa shape index (κ2) is 5.38. The van der Waals surface area contributed by atoms with Crippen molar-refractivity contribution in [1.29, 1.82) is 0 Å². The van der Waals surface area contributed by atoms with Crippen molar-refractivity contribution in [3.05, 3.63) is 0 Å². The number of hydrogen-bond acceptors (Lipinski definition) is 1. The van der Waals surface area contributed by atoms with Gasteiger partial charge in [-0.2, -0.15) is 13.2 Å². The van der Waals surface area contributed by atoms with Crippen molar-refractivity contribution < 1.29 is 13.2 Å². The van der Waals surface area contributed by atoms with Gasteiger partial charge in [-0.1, -0.05) is 0 Å². The summed E-state index contributed by atoms with van der Waals surface area (Å²) in [6.45, 7) is 4.67. The highest BCUT2D eigenvalue weighted by Gasteiger charge is 2.32. The Morgan fingerprint density at radius 1 is 1.43 bits per heavy atom. The molecule has 0 aromatic rings. The summed E-state index contributed by atoms with van der Waals surface area (Å²) in [7, 11) is 0. The highest BCUT2D eigenvalue weighted by atomic mass is 32.1. The van der Waals surface area contributed by atoms with Gasteiger partial charge in [-0.25, -0.2) is 0 Å². The van der Waals surface area contributed by atoms with Crippen molar-refractivity contribution in [3.8, 4) is 0 Å². The van der Waals surface area contributed by atoms with Crippen molar-refractivity contribution >= 4 is 17.3 Å². The van der Waals surface area contributed by atoms with Crippen LogP contribution in [-0.2, 0) is 0 Å². The fourth-order valence-electron chi connectivity index (χ4n) is 0.935. The van der Waals surface area contributed by atoms with E-state index >= 15 is 0 Å². The number of thiocarbonyl (C=S) groups is 1. The normalized spacial score (nSPS) is 11.6. The molecule has 0 rings (SSSR count). The van der Waals surface area contributed by atoms with E-state index in [-0.39, 0.29) is 11.2 Å². The first-order valence-electron chi connectivity index (χ1n) is 4.39. The molecule has 0 spiro atoms. The standard InChI is InChI=1S/C8H15F3N2S/c1-4-12-7(14)13(6(2)3)5-8(9,10)11/h6H,4-5H2,1-3H3,(H,12,14). The Kier molecular flexibility index (Phi) is 5.18. The Hall–Kier alpha value is -0.520. The van der Waals surface area contributed by atoms with Crippen LogP contribution in [0.2, 0.25) is 0 Å². The lowest BCUT2D eigenvalue weighted by Gasteiger charge is -2.30. The number of hydrogen-bond donors (Lipinski definition) is 1. The summed E-state index contributed by atoms with van der Waals surface area (Å²) in [5.41, 5.74) is 0. The molecule has 0 amide bonds. The van der Waals surface area contributed by atoms with E-state index in [2.05, 4.69) is 5.32 Å². The maximum atomic E-state index is 12.1. The molecule has 0 aliphatic rings. The molecule has 0 atom stereocenters. The highest BCUT2D eigenvalue weighted by molar-refractivity contribution is 7.80. The molecule has 0 aromatic heterocycles. The third kappa shape index (κ3) is 5.26. The number of rotatable bonds is 3. The van der Waals surface area contributed by atoms with Crippen LogP contribution in [-0.4, -0.2) is 35.3 Å². The van der Waals surface area contributed by atoms with E-state index in [1.807, 2.05) is 0 Å². The summed E-state index contributed by atoms with van der Waals surface area (Å²) in [5, 5.41) is 2.86. The highest BCUT2D eigenvalue weighted by Crippen LogP contribution is 2.17. The van der Waals surface area contributed by atoms with E-state index in [1.165, 1.54) is 0 Å². The van der Waals surface area contributed by atoms with Gasteiger partial charge < -0.3 is 10.2 Å². The third-order valence-electron chi connectivity index (χ3n) is 1.56. The smallest absolute Gasteiger partial charge is 0.363 e. The lowest BCUT2D eigenvalue weighted by Crippen LogP contribution is -2.48. The van der Waals surface area contributed by atoms with Crippen LogP contribution in [0.25, 0.3) is 0 Å². The summed E-state index contributed by atoms with van der Waals surface area (Å²) in [4.78, 5) is 1.12. The van der Waals surface area contributed by atoms with Gasteiger partial charge in [0.1, 0.15) is 6.54 Å². The Labute approximate surface area is 87.5 Å². The van der Waals surface area contributed by atoms with E-state index in [0.717, 1.165) is 4.90 Å². The van der Waals surface area contributed by atoms with Crippen molar-refractivity contribution in [2.75, 3.05) is 13.1 Å².